The van der Waals surface area contributed by atoms with Gasteiger partial charge in [0.25, 0.3) is 0 Å². The van der Waals surface area contributed by atoms with Crippen LogP contribution in [0.5, 0.6) is 0 Å². The number of allylic oxidation sites excluding steroid dienone is 2. The van der Waals surface area contributed by atoms with E-state index < -0.39 is 0 Å². The number of fused-ring (bicyclic) bond motifs is 1. The summed E-state index contributed by atoms with van der Waals surface area (Å²) in [5.41, 5.74) is 6.95. The third-order valence-electron chi connectivity index (χ3n) is 3.71. The molecule has 1 aliphatic rings. The fraction of sp³-hybridized carbons (Fsp3) is 0.176. The van der Waals surface area contributed by atoms with Crippen molar-refractivity contribution in [3.63, 3.8) is 0 Å². The van der Waals surface area contributed by atoms with Crippen LogP contribution in [0, 0.1) is 6.92 Å². The summed E-state index contributed by atoms with van der Waals surface area (Å²) < 4.78 is 1.16. The molecule has 0 N–H and O–H groups in total. The van der Waals surface area contributed by atoms with E-state index in [0.717, 1.165) is 4.47 Å². The molecular weight excluding hydrogens is 284 g/mol. The normalized spacial score (nSPS) is 17.5. The Morgan fingerprint density at radius 2 is 1.72 bits per heavy atom. The Morgan fingerprint density at radius 1 is 0.944 bits per heavy atom. The maximum absolute atomic E-state index is 3.58. The highest BCUT2D eigenvalue weighted by atomic mass is 79.9. The van der Waals surface area contributed by atoms with Gasteiger partial charge in [0.05, 0.1) is 0 Å². The zero-order valence-corrected chi connectivity index (χ0v) is 12.2. The van der Waals surface area contributed by atoms with Crippen LogP contribution >= 0.6 is 15.9 Å². The van der Waals surface area contributed by atoms with Crippen LogP contribution in [0.25, 0.3) is 5.57 Å². The van der Waals surface area contributed by atoms with Gasteiger partial charge in [-0.25, -0.2) is 0 Å². The number of rotatable bonds is 1. The number of benzene rings is 2. The van der Waals surface area contributed by atoms with Gasteiger partial charge < -0.3 is 0 Å². The molecular formula is C17H15Br. The predicted molar refractivity (Wildman–Crippen MR) is 80.8 cm³/mol. The molecule has 0 spiro atoms. The molecule has 0 amide bonds. The van der Waals surface area contributed by atoms with Crippen LogP contribution in [-0.2, 0) is 0 Å². The molecule has 0 radical (unpaired) electrons. The van der Waals surface area contributed by atoms with Gasteiger partial charge in [-0.1, -0.05) is 52.3 Å². The van der Waals surface area contributed by atoms with Crippen molar-refractivity contribution >= 4 is 21.5 Å². The molecule has 1 unspecified atom stereocenters. The highest BCUT2D eigenvalue weighted by molar-refractivity contribution is 9.10. The lowest BCUT2D eigenvalue weighted by atomic mass is 9.90. The van der Waals surface area contributed by atoms with Crippen molar-refractivity contribution in [2.24, 2.45) is 0 Å². The molecule has 0 fully saturated rings. The number of hydrogen-bond acceptors (Lipinski definition) is 0. The molecule has 0 aromatic heterocycles. The van der Waals surface area contributed by atoms with Crippen molar-refractivity contribution in [3.05, 3.63) is 75.3 Å². The fourth-order valence-electron chi connectivity index (χ4n) is 2.77. The van der Waals surface area contributed by atoms with Crippen LogP contribution in [-0.4, -0.2) is 0 Å². The van der Waals surface area contributed by atoms with E-state index in [-0.39, 0.29) is 0 Å². The van der Waals surface area contributed by atoms with E-state index in [4.69, 9.17) is 0 Å². The van der Waals surface area contributed by atoms with Crippen LogP contribution in [0.2, 0.25) is 0 Å². The first-order valence-corrected chi connectivity index (χ1v) is 7.00. The summed E-state index contributed by atoms with van der Waals surface area (Å²) in [6, 6.07) is 15.2. The predicted octanol–water partition coefficient (Wildman–Crippen LogP) is 5.31. The maximum atomic E-state index is 3.58. The lowest BCUT2D eigenvalue weighted by Gasteiger charge is -2.14. The second-order valence-corrected chi connectivity index (χ2v) is 5.83. The molecule has 2 aromatic rings. The van der Waals surface area contributed by atoms with Crippen LogP contribution < -0.4 is 0 Å². The van der Waals surface area contributed by atoms with Gasteiger partial charge in [0.15, 0.2) is 0 Å². The molecule has 18 heavy (non-hydrogen) atoms. The molecule has 0 saturated heterocycles. The SMILES string of the molecule is CC1=CC(c2ccccc2C)c2cc(Br)ccc21. The van der Waals surface area contributed by atoms with E-state index in [2.05, 4.69) is 78.3 Å². The summed E-state index contributed by atoms with van der Waals surface area (Å²) in [6.45, 7) is 4.39. The Morgan fingerprint density at radius 3 is 2.50 bits per heavy atom. The summed E-state index contributed by atoms with van der Waals surface area (Å²) in [5, 5.41) is 0. The van der Waals surface area contributed by atoms with Gasteiger partial charge in [-0.05, 0) is 53.8 Å². The molecule has 0 heterocycles. The Kier molecular flexibility index (Phi) is 2.87. The summed E-state index contributed by atoms with van der Waals surface area (Å²) in [4.78, 5) is 0. The standard InChI is InChI=1S/C17H15Br/c1-11-5-3-4-6-14(11)16-9-12(2)15-8-7-13(18)10-17(15)16/h3-10,16H,1-2H3. The lowest BCUT2D eigenvalue weighted by molar-refractivity contribution is 1.03. The van der Waals surface area contributed by atoms with E-state index >= 15 is 0 Å². The monoisotopic (exact) mass is 298 g/mol. The van der Waals surface area contributed by atoms with Crippen molar-refractivity contribution < 1.29 is 0 Å². The second kappa shape index (κ2) is 4.40. The molecule has 0 nitrogen and oxygen atoms in total. The fourth-order valence-corrected chi connectivity index (χ4v) is 3.15. The van der Waals surface area contributed by atoms with E-state index in [0.29, 0.717) is 5.92 Å². The molecule has 0 aliphatic heterocycles. The van der Waals surface area contributed by atoms with Gasteiger partial charge in [-0.15, -0.1) is 0 Å². The van der Waals surface area contributed by atoms with Crippen LogP contribution in [0.15, 0.2) is 53.0 Å². The largest absolute Gasteiger partial charge is 0.0691 e. The topological polar surface area (TPSA) is 0 Å². The smallest absolute Gasteiger partial charge is 0.0284 e. The zero-order chi connectivity index (χ0) is 12.7. The van der Waals surface area contributed by atoms with E-state index in [1.165, 1.54) is 27.8 Å². The van der Waals surface area contributed by atoms with E-state index in [1.807, 2.05) is 0 Å². The number of aryl methyl sites for hydroxylation is 1. The molecule has 0 saturated carbocycles. The summed E-state index contributed by atoms with van der Waals surface area (Å²) in [7, 11) is 0. The van der Waals surface area contributed by atoms with Gasteiger partial charge in [-0.2, -0.15) is 0 Å². The van der Waals surface area contributed by atoms with Crippen LogP contribution in [0.1, 0.15) is 35.1 Å². The Labute approximate surface area is 116 Å². The molecule has 1 heteroatoms. The number of halogens is 1. The number of hydrogen-bond donors (Lipinski definition) is 0. The van der Waals surface area contributed by atoms with Gasteiger partial charge in [-0.3, -0.25) is 0 Å². The first kappa shape index (κ1) is 11.7. The van der Waals surface area contributed by atoms with Crippen molar-refractivity contribution in [1.82, 2.24) is 0 Å². The summed E-state index contributed by atoms with van der Waals surface area (Å²) in [6.07, 6.45) is 2.37. The lowest BCUT2D eigenvalue weighted by Crippen LogP contribution is -1.98. The molecule has 0 bridgehead atoms. The maximum Gasteiger partial charge on any atom is 0.0284 e. The van der Waals surface area contributed by atoms with E-state index in [1.54, 1.807) is 0 Å². The van der Waals surface area contributed by atoms with Gasteiger partial charge in [0.1, 0.15) is 0 Å². The van der Waals surface area contributed by atoms with Crippen molar-refractivity contribution in [3.8, 4) is 0 Å². The third-order valence-corrected chi connectivity index (χ3v) is 4.21. The van der Waals surface area contributed by atoms with E-state index in [9.17, 15) is 0 Å². The van der Waals surface area contributed by atoms with Crippen molar-refractivity contribution in [2.45, 2.75) is 19.8 Å². The molecule has 1 atom stereocenters. The zero-order valence-electron chi connectivity index (χ0n) is 10.6. The van der Waals surface area contributed by atoms with Crippen LogP contribution in [0.3, 0.4) is 0 Å². The van der Waals surface area contributed by atoms with Gasteiger partial charge in [0, 0.05) is 10.4 Å². The molecule has 1 aliphatic carbocycles. The third kappa shape index (κ3) is 1.83. The quantitative estimate of drug-likeness (QED) is 0.669. The molecule has 3 rings (SSSR count). The van der Waals surface area contributed by atoms with Crippen molar-refractivity contribution in [1.29, 1.82) is 0 Å². The Hall–Kier alpha value is -1.34. The highest BCUT2D eigenvalue weighted by Crippen LogP contribution is 2.41. The molecule has 2 aromatic carbocycles. The summed E-state index contributed by atoms with van der Waals surface area (Å²) >= 11 is 3.58. The Balaban J connectivity index is 2.18. The van der Waals surface area contributed by atoms with Crippen LogP contribution in [0.4, 0.5) is 0 Å². The summed E-state index contributed by atoms with van der Waals surface area (Å²) in [5.74, 6) is 0.402. The minimum atomic E-state index is 0.402. The second-order valence-electron chi connectivity index (χ2n) is 4.92. The first-order chi connectivity index (χ1) is 8.66. The first-order valence-electron chi connectivity index (χ1n) is 6.20. The molecule has 90 valence electrons. The van der Waals surface area contributed by atoms with Crippen molar-refractivity contribution in [2.75, 3.05) is 0 Å². The Bertz CT molecular complexity index is 638. The minimum Gasteiger partial charge on any atom is -0.0691 e. The minimum absolute atomic E-state index is 0.402. The average molecular weight is 299 g/mol. The highest BCUT2D eigenvalue weighted by Gasteiger charge is 2.23. The van der Waals surface area contributed by atoms with Gasteiger partial charge >= 0.3 is 0 Å². The van der Waals surface area contributed by atoms with Gasteiger partial charge in [0.2, 0.25) is 0 Å². The average Bonchev–Trinajstić information content (AvgIpc) is 2.67.